The Morgan fingerprint density at radius 3 is 2.63 bits per heavy atom. The van der Waals surface area contributed by atoms with Crippen molar-refractivity contribution in [1.82, 2.24) is 19.7 Å². The van der Waals surface area contributed by atoms with Crippen molar-refractivity contribution in [1.29, 1.82) is 0 Å². The van der Waals surface area contributed by atoms with Crippen LogP contribution >= 0.6 is 11.8 Å². The van der Waals surface area contributed by atoms with Gasteiger partial charge in [0.15, 0.2) is 11.0 Å². The zero-order valence-electron chi connectivity index (χ0n) is 19.0. The van der Waals surface area contributed by atoms with Crippen molar-refractivity contribution in [2.24, 2.45) is 0 Å². The highest BCUT2D eigenvalue weighted by molar-refractivity contribution is 7.99. The molecule has 0 atom stereocenters. The number of hydrogen-bond acceptors (Lipinski definition) is 8. The highest BCUT2D eigenvalue weighted by atomic mass is 32.2. The quantitative estimate of drug-likeness (QED) is 0.204. The lowest BCUT2D eigenvalue weighted by atomic mass is 10.2. The molecule has 0 saturated carbocycles. The molecule has 2 aromatic carbocycles. The average Bonchev–Trinajstić information content (AvgIpc) is 3.28. The van der Waals surface area contributed by atoms with Gasteiger partial charge in [-0.25, -0.2) is 0 Å². The topological polar surface area (TPSA) is 125 Å². The number of para-hydroxylation sites is 1. The van der Waals surface area contributed by atoms with E-state index in [4.69, 9.17) is 4.74 Å². The van der Waals surface area contributed by atoms with Crippen molar-refractivity contribution in [3.8, 4) is 22.8 Å². The van der Waals surface area contributed by atoms with Crippen LogP contribution in [0.5, 0.6) is 5.75 Å². The number of rotatable bonds is 9. The Labute approximate surface area is 205 Å². The first kappa shape index (κ1) is 23.9. The first-order chi connectivity index (χ1) is 17.0. The van der Waals surface area contributed by atoms with E-state index in [1.807, 2.05) is 47.9 Å². The smallest absolute Gasteiger partial charge is 0.296 e. The number of anilines is 1. The first-order valence-electron chi connectivity index (χ1n) is 10.7. The monoisotopic (exact) mass is 490 g/mol. The maximum absolute atomic E-state index is 12.7. The Morgan fingerprint density at radius 2 is 1.91 bits per heavy atom. The highest BCUT2D eigenvalue weighted by Gasteiger charge is 2.20. The van der Waals surface area contributed by atoms with Crippen LogP contribution < -0.4 is 10.1 Å². The van der Waals surface area contributed by atoms with Gasteiger partial charge >= 0.3 is 0 Å². The molecule has 0 radical (unpaired) electrons. The minimum Gasteiger partial charge on any atom is -0.494 e. The third-order valence-corrected chi connectivity index (χ3v) is 5.94. The van der Waals surface area contributed by atoms with Crippen molar-refractivity contribution >= 4 is 29.0 Å². The Morgan fingerprint density at radius 1 is 1.14 bits per heavy atom. The van der Waals surface area contributed by atoms with Crippen LogP contribution in [0.2, 0.25) is 0 Å². The van der Waals surface area contributed by atoms with Crippen LogP contribution in [-0.2, 0) is 4.79 Å². The van der Waals surface area contributed by atoms with E-state index in [2.05, 4.69) is 20.5 Å². The molecule has 1 N–H and O–H groups in total. The minimum absolute atomic E-state index is 0.0231. The largest absolute Gasteiger partial charge is 0.494 e. The van der Waals surface area contributed by atoms with Crippen LogP contribution in [0.1, 0.15) is 12.5 Å². The Balaban J connectivity index is 1.58. The molecule has 0 saturated heterocycles. The molecule has 11 heteroatoms. The van der Waals surface area contributed by atoms with Gasteiger partial charge in [0.1, 0.15) is 11.4 Å². The van der Waals surface area contributed by atoms with Crippen molar-refractivity contribution < 1.29 is 14.5 Å². The summed E-state index contributed by atoms with van der Waals surface area (Å²) in [6, 6.07) is 15.8. The molecular weight excluding hydrogens is 468 g/mol. The number of aryl methyl sites for hydroxylation is 1. The third-order valence-electron chi connectivity index (χ3n) is 5.01. The van der Waals surface area contributed by atoms with Crippen LogP contribution in [0.25, 0.3) is 17.1 Å². The van der Waals surface area contributed by atoms with Crippen LogP contribution in [0, 0.1) is 17.0 Å². The van der Waals surface area contributed by atoms with Gasteiger partial charge in [-0.2, -0.15) is 0 Å². The molecule has 1 amide bonds. The summed E-state index contributed by atoms with van der Waals surface area (Å²) < 4.78 is 7.21. The average molecular weight is 491 g/mol. The maximum Gasteiger partial charge on any atom is 0.296 e. The van der Waals surface area contributed by atoms with Crippen LogP contribution in [0.15, 0.2) is 72.1 Å². The number of nitro groups is 1. The molecule has 2 aromatic heterocycles. The number of hydrogen-bond donors (Lipinski definition) is 1. The summed E-state index contributed by atoms with van der Waals surface area (Å²) in [6.07, 6.45) is 3.35. The fourth-order valence-electron chi connectivity index (χ4n) is 3.42. The number of carbonyl (C=O) groups excluding carboxylic acids is 1. The Kier molecular flexibility index (Phi) is 7.36. The zero-order valence-corrected chi connectivity index (χ0v) is 19.9. The lowest BCUT2D eigenvalue weighted by molar-refractivity contribution is -0.384. The molecule has 0 spiro atoms. The van der Waals surface area contributed by atoms with E-state index in [0.717, 1.165) is 16.8 Å². The molecule has 2 heterocycles. The first-order valence-corrected chi connectivity index (χ1v) is 11.7. The van der Waals surface area contributed by atoms with E-state index in [0.29, 0.717) is 23.3 Å². The number of nitrogens with one attached hydrogen (secondary N) is 1. The minimum atomic E-state index is -0.554. The normalized spacial score (nSPS) is 10.7. The predicted octanol–water partition coefficient (Wildman–Crippen LogP) is 4.68. The van der Waals surface area contributed by atoms with E-state index in [-0.39, 0.29) is 17.1 Å². The lowest BCUT2D eigenvalue weighted by Gasteiger charge is -2.13. The molecule has 0 unspecified atom stereocenters. The van der Waals surface area contributed by atoms with Crippen molar-refractivity contribution in [2.75, 3.05) is 17.7 Å². The third kappa shape index (κ3) is 5.46. The number of nitro benzene ring substituents is 1. The fourth-order valence-corrected chi connectivity index (χ4v) is 4.17. The van der Waals surface area contributed by atoms with Gasteiger partial charge in [-0.3, -0.25) is 24.5 Å². The number of carbonyl (C=O) groups is 1. The van der Waals surface area contributed by atoms with Gasteiger partial charge in [-0.1, -0.05) is 30.0 Å². The summed E-state index contributed by atoms with van der Waals surface area (Å²) in [6.45, 7) is 4.15. The van der Waals surface area contributed by atoms with Gasteiger partial charge < -0.3 is 10.1 Å². The molecular formula is C24H22N6O4S. The van der Waals surface area contributed by atoms with Crippen molar-refractivity contribution in [2.45, 2.75) is 19.0 Å². The zero-order chi connectivity index (χ0) is 24.8. The second-order valence-corrected chi connectivity index (χ2v) is 8.31. The molecule has 0 aliphatic heterocycles. The maximum atomic E-state index is 12.7. The van der Waals surface area contributed by atoms with Gasteiger partial charge in [-0.05, 0) is 49.7 Å². The second-order valence-electron chi connectivity index (χ2n) is 7.37. The molecule has 10 nitrogen and oxygen atoms in total. The van der Waals surface area contributed by atoms with Crippen molar-refractivity contribution in [3.63, 3.8) is 0 Å². The van der Waals surface area contributed by atoms with Crippen LogP contribution in [0.4, 0.5) is 11.4 Å². The predicted molar refractivity (Wildman–Crippen MR) is 133 cm³/mol. The number of thioether (sulfide) groups is 1. The number of amides is 1. The number of aromatic nitrogens is 4. The molecule has 0 bridgehead atoms. The number of ether oxygens (including phenoxy) is 1. The molecule has 4 rings (SSSR count). The van der Waals surface area contributed by atoms with E-state index >= 15 is 0 Å². The van der Waals surface area contributed by atoms with Gasteiger partial charge in [0.05, 0.1) is 29.0 Å². The standard InChI is InChI=1S/C24H22N6O4S/c1-3-34-18-8-9-19(21(14-18)30(32)33)26-22(31)15-35-24-28-27-23(17-10-12-25-13-11-17)29(24)20-7-5-4-6-16(20)2/h4-14H,3,15H2,1-2H3,(H,26,31). The Hall–Kier alpha value is -4.25. The van der Waals surface area contributed by atoms with Crippen molar-refractivity contribution in [3.05, 3.63) is 82.7 Å². The van der Waals surface area contributed by atoms with Gasteiger partial charge in [0, 0.05) is 18.0 Å². The summed E-state index contributed by atoms with van der Waals surface area (Å²) in [5, 5.41) is 23.3. The lowest BCUT2D eigenvalue weighted by Crippen LogP contribution is -2.15. The van der Waals surface area contributed by atoms with E-state index in [1.165, 1.54) is 23.9 Å². The molecule has 178 valence electrons. The fraction of sp³-hybridized carbons (Fsp3) is 0.167. The van der Waals surface area contributed by atoms with E-state index in [9.17, 15) is 14.9 Å². The van der Waals surface area contributed by atoms with Crippen LogP contribution in [-0.4, -0.2) is 42.9 Å². The van der Waals surface area contributed by atoms with Gasteiger partial charge in [0.25, 0.3) is 5.69 Å². The highest BCUT2D eigenvalue weighted by Crippen LogP contribution is 2.31. The summed E-state index contributed by atoms with van der Waals surface area (Å²) in [7, 11) is 0. The second kappa shape index (κ2) is 10.8. The summed E-state index contributed by atoms with van der Waals surface area (Å²) in [4.78, 5) is 27.7. The summed E-state index contributed by atoms with van der Waals surface area (Å²) in [5.74, 6) is 0.547. The SMILES string of the molecule is CCOc1ccc(NC(=O)CSc2nnc(-c3ccncc3)n2-c2ccccc2C)c([N+](=O)[O-])c1. The Bertz CT molecular complexity index is 1360. The number of pyridine rings is 1. The molecule has 4 aromatic rings. The van der Waals surface area contributed by atoms with Gasteiger partial charge in [-0.15, -0.1) is 10.2 Å². The van der Waals surface area contributed by atoms with Crippen LogP contribution in [0.3, 0.4) is 0 Å². The van der Waals surface area contributed by atoms with E-state index in [1.54, 1.807) is 25.4 Å². The van der Waals surface area contributed by atoms with Gasteiger partial charge in [0.2, 0.25) is 5.91 Å². The molecule has 0 aliphatic rings. The molecule has 0 aliphatic carbocycles. The number of benzene rings is 2. The number of nitrogens with zero attached hydrogens (tertiary/aromatic N) is 5. The summed E-state index contributed by atoms with van der Waals surface area (Å²) >= 11 is 1.19. The van der Waals surface area contributed by atoms with E-state index < -0.39 is 10.8 Å². The molecule has 0 fully saturated rings. The summed E-state index contributed by atoms with van der Waals surface area (Å²) in [5.41, 5.74) is 2.59. The molecule has 35 heavy (non-hydrogen) atoms.